The van der Waals surface area contributed by atoms with Gasteiger partial charge in [0.25, 0.3) is 10.0 Å². The van der Waals surface area contributed by atoms with Crippen LogP contribution in [0.2, 0.25) is 10.0 Å². The fourth-order valence-electron chi connectivity index (χ4n) is 4.91. The SMILES string of the molecule is CCOc1ccc(N(CC(=O)N(Cc2ccc(Cl)cc2Cl)[C@@H](Cc2ccccc2)C(=O)NC(C)C)S(=O)(=O)c2ccc(F)cc2)cc1. The van der Waals surface area contributed by atoms with Gasteiger partial charge < -0.3 is 15.0 Å². The lowest BCUT2D eigenvalue weighted by molar-refractivity contribution is -0.140. The number of sulfonamides is 1. The maximum absolute atomic E-state index is 14.5. The van der Waals surface area contributed by atoms with Crippen molar-refractivity contribution in [3.63, 3.8) is 0 Å². The van der Waals surface area contributed by atoms with E-state index in [1.165, 1.54) is 23.1 Å². The first-order valence-corrected chi connectivity index (χ1v) is 17.2. The van der Waals surface area contributed by atoms with Crippen LogP contribution in [0.5, 0.6) is 5.75 Å². The number of carbonyl (C=O) groups excluding carboxylic acids is 2. The van der Waals surface area contributed by atoms with E-state index in [1.54, 1.807) is 24.3 Å². The van der Waals surface area contributed by atoms with Gasteiger partial charge in [-0.25, -0.2) is 12.8 Å². The second-order valence-corrected chi connectivity index (χ2v) is 13.7. The molecule has 0 saturated carbocycles. The molecule has 0 radical (unpaired) electrons. The van der Waals surface area contributed by atoms with Crippen LogP contribution in [0.4, 0.5) is 10.1 Å². The Labute approximate surface area is 285 Å². The van der Waals surface area contributed by atoms with E-state index in [2.05, 4.69) is 5.32 Å². The van der Waals surface area contributed by atoms with E-state index in [9.17, 15) is 22.4 Å². The van der Waals surface area contributed by atoms with Crippen molar-refractivity contribution >= 4 is 50.7 Å². The van der Waals surface area contributed by atoms with E-state index >= 15 is 0 Å². The van der Waals surface area contributed by atoms with Crippen molar-refractivity contribution in [3.05, 3.63) is 124 Å². The molecule has 0 fully saturated rings. The van der Waals surface area contributed by atoms with Gasteiger partial charge >= 0.3 is 0 Å². The Morgan fingerprint density at radius 2 is 1.57 bits per heavy atom. The third-order valence-electron chi connectivity index (χ3n) is 7.17. The van der Waals surface area contributed by atoms with Crippen molar-refractivity contribution in [1.82, 2.24) is 10.2 Å². The van der Waals surface area contributed by atoms with Gasteiger partial charge in [-0.15, -0.1) is 0 Å². The number of nitrogens with one attached hydrogen (secondary N) is 1. The molecule has 4 aromatic carbocycles. The fraction of sp³-hybridized carbons (Fsp3) is 0.257. The van der Waals surface area contributed by atoms with Crippen LogP contribution >= 0.6 is 23.2 Å². The molecule has 2 amide bonds. The highest BCUT2D eigenvalue weighted by atomic mass is 35.5. The summed E-state index contributed by atoms with van der Waals surface area (Å²) < 4.78 is 48.4. The smallest absolute Gasteiger partial charge is 0.264 e. The van der Waals surface area contributed by atoms with Gasteiger partial charge in [-0.3, -0.25) is 13.9 Å². The summed E-state index contributed by atoms with van der Waals surface area (Å²) >= 11 is 12.7. The molecular weight excluding hydrogens is 664 g/mol. The van der Waals surface area contributed by atoms with Crippen molar-refractivity contribution < 1.29 is 27.1 Å². The molecule has 0 bridgehead atoms. The van der Waals surface area contributed by atoms with Crippen molar-refractivity contribution in [2.24, 2.45) is 0 Å². The molecule has 0 aromatic heterocycles. The van der Waals surface area contributed by atoms with Gasteiger partial charge in [-0.1, -0.05) is 59.6 Å². The van der Waals surface area contributed by atoms with Crippen molar-refractivity contribution in [1.29, 1.82) is 0 Å². The minimum Gasteiger partial charge on any atom is -0.494 e. The zero-order chi connectivity index (χ0) is 34.1. The van der Waals surface area contributed by atoms with Crippen LogP contribution in [0.15, 0.2) is 102 Å². The molecule has 12 heteroatoms. The molecule has 248 valence electrons. The summed E-state index contributed by atoms with van der Waals surface area (Å²) in [5.74, 6) is -1.20. The average Bonchev–Trinajstić information content (AvgIpc) is 3.03. The molecule has 4 aromatic rings. The topological polar surface area (TPSA) is 96.0 Å². The number of halogens is 3. The Kier molecular flexibility index (Phi) is 12.3. The van der Waals surface area contributed by atoms with Crippen LogP contribution in [-0.2, 0) is 32.6 Å². The quantitative estimate of drug-likeness (QED) is 0.155. The van der Waals surface area contributed by atoms with E-state index in [0.29, 0.717) is 22.9 Å². The number of hydrogen-bond acceptors (Lipinski definition) is 5. The zero-order valence-electron chi connectivity index (χ0n) is 26.2. The maximum Gasteiger partial charge on any atom is 0.264 e. The first-order valence-electron chi connectivity index (χ1n) is 15.0. The summed E-state index contributed by atoms with van der Waals surface area (Å²) in [6, 6.07) is 23.3. The number of carbonyl (C=O) groups is 2. The second kappa shape index (κ2) is 16.1. The Morgan fingerprint density at radius 1 is 0.915 bits per heavy atom. The maximum atomic E-state index is 14.5. The molecule has 0 heterocycles. The lowest BCUT2D eigenvalue weighted by Gasteiger charge is -2.34. The molecule has 0 aliphatic rings. The summed E-state index contributed by atoms with van der Waals surface area (Å²) in [7, 11) is -4.40. The number of amides is 2. The highest BCUT2D eigenvalue weighted by Gasteiger charge is 2.35. The highest BCUT2D eigenvalue weighted by molar-refractivity contribution is 7.92. The van der Waals surface area contributed by atoms with E-state index < -0.39 is 40.2 Å². The van der Waals surface area contributed by atoms with Crippen molar-refractivity contribution in [2.75, 3.05) is 17.5 Å². The predicted molar refractivity (Wildman–Crippen MR) is 183 cm³/mol. The van der Waals surface area contributed by atoms with Crippen LogP contribution in [0.3, 0.4) is 0 Å². The molecular formula is C35H36Cl2FN3O5S. The second-order valence-electron chi connectivity index (χ2n) is 11.0. The Bertz CT molecular complexity index is 1770. The van der Waals surface area contributed by atoms with Crippen molar-refractivity contribution in [2.45, 2.75) is 50.7 Å². The van der Waals surface area contributed by atoms with Crippen LogP contribution in [-0.4, -0.2) is 50.4 Å². The third kappa shape index (κ3) is 9.47. The van der Waals surface area contributed by atoms with Gasteiger partial charge in [0.2, 0.25) is 11.8 Å². The monoisotopic (exact) mass is 699 g/mol. The van der Waals surface area contributed by atoms with Gasteiger partial charge in [-0.2, -0.15) is 0 Å². The van der Waals surface area contributed by atoms with Crippen LogP contribution in [0, 0.1) is 5.82 Å². The third-order valence-corrected chi connectivity index (χ3v) is 9.55. The minimum atomic E-state index is -4.40. The van der Waals surface area contributed by atoms with E-state index in [-0.39, 0.29) is 34.6 Å². The molecule has 0 aliphatic carbocycles. The van der Waals surface area contributed by atoms with Crippen molar-refractivity contribution in [3.8, 4) is 5.75 Å². The lowest BCUT2D eigenvalue weighted by Crippen LogP contribution is -2.54. The molecule has 0 saturated heterocycles. The average molecular weight is 701 g/mol. The highest BCUT2D eigenvalue weighted by Crippen LogP contribution is 2.28. The Morgan fingerprint density at radius 3 is 2.17 bits per heavy atom. The minimum absolute atomic E-state index is 0.119. The fourth-order valence-corrected chi connectivity index (χ4v) is 6.79. The molecule has 8 nitrogen and oxygen atoms in total. The molecule has 0 unspecified atom stereocenters. The van der Waals surface area contributed by atoms with Crippen LogP contribution < -0.4 is 14.4 Å². The number of hydrogen-bond donors (Lipinski definition) is 1. The summed E-state index contributed by atoms with van der Waals surface area (Å²) in [5, 5.41) is 3.57. The number of nitrogens with zero attached hydrogens (tertiary/aromatic N) is 2. The number of benzene rings is 4. The number of anilines is 1. The van der Waals surface area contributed by atoms with Crippen LogP contribution in [0.25, 0.3) is 0 Å². The Hall–Kier alpha value is -4.12. The first-order chi connectivity index (χ1) is 22.4. The van der Waals surface area contributed by atoms with E-state index in [0.717, 1.165) is 34.1 Å². The zero-order valence-corrected chi connectivity index (χ0v) is 28.5. The number of ether oxygens (including phenoxy) is 1. The summed E-state index contributed by atoms with van der Waals surface area (Å²) in [4.78, 5) is 29.4. The van der Waals surface area contributed by atoms with Gasteiger partial charge in [0.05, 0.1) is 17.2 Å². The normalized spacial score (nSPS) is 12.0. The molecule has 1 N–H and O–H groups in total. The molecule has 0 aliphatic heterocycles. The van der Waals surface area contributed by atoms with Crippen LogP contribution in [0.1, 0.15) is 31.9 Å². The van der Waals surface area contributed by atoms with Gasteiger partial charge in [0.1, 0.15) is 24.2 Å². The molecule has 1 atom stereocenters. The summed E-state index contributed by atoms with van der Waals surface area (Å²) in [5.41, 5.74) is 1.47. The standard InChI is InChI=1S/C35H36Cl2FN3O5S/c1-4-46-30-16-14-29(15-17-30)41(47(44,45)31-18-12-28(38)13-19-31)23-34(42)40(22-26-10-11-27(36)21-32(26)37)33(35(43)39-24(2)3)20-25-8-6-5-7-9-25/h5-19,21,24,33H,4,20,22-23H2,1-3H3,(H,39,43)/t33-/m0/s1. The molecule has 0 spiro atoms. The van der Waals surface area contributed by atoms with E-state index in [1.807, 2.05) is 51.1 Å². The first kappa shape index (κ1) is 35.7. The molecule has 47 heavy (non-hydrogen) atoms. The summed E-state index contributed by atoms with van der Waals surface area (Å²) in [6.07, 6.45) is 0.143. The largest absolute Gasteiger partial charge is 0.494 e. The van der Waals surface area contributed by atoms with E-state index in [4.69, 9.17) is 27.9 Å². The van der Waals surface area contributed by atoms with Gasteiger partial charge in [-0.05, 0) is 92.6 Å². The van der Waals surface area contributed by atoms with Gasteiger partial charge in [0, 0.05) is 29.1 Å². The Balaban J connectivity index is 1.82. The predicted octanol–water partition coefficient (Wildman–Crippen LogP) is 6.89. The summed E-state index contributed by atoms with van der Waals surface area (Å²) in [6.45, 7) is 5.04. The lowest BCUT2D eigenvalue weighted by atomic mass is 10.0. The number of rotatable bonds is 14. The molecule has 4 rings (SSSR count). The van der Waals surface area contributed by atoms with Gasteiger partial charge in [0.15, 0.2) is 0 Å².